The minimum Gasteiger partial charge on any atom is -0.492 e. The van der Waals surface area contributed by atoms with E-state index in [1.165, 1.54) is 5.69 Å². The molecule has 4 N–H and O–H groups in total. The lowest BCUT2D eigenvalue weighted by Crippen LogP contribution is -2.44. The number of carbonyl (C=O) groups is 2. The van der Waals surface area contributed by atoms with Gasteiger partial charge < -0.3 is 40.1 Å². The fraction of sp³-hybridized carbons (Fsp3) is 0.306. The number of hydrogen-bond acceptors (Lipinski definition) is 10. The third kappa shape index (κ3) is 8.31. The summed E-state index contributed by atoms with van der Waals surface area (Å²) in [5, 5.41) is 21.3. The number of allylic oxidation sites excluding steroid dienone is 1. The smallest absolute Gasteiger partial charge is 0.322 e. The third-order valence-corrected chi connectivity index (χ3v) is 8.80. The number of likely N-dealkylation sites (N-methyl/N-ethyl adjacent to an activating group) is 2. The zero-order valence-corrected chi connectivity index (χ0v) is 27.7. The monoisotopic (exact) mass is 663 g/mol. The highest BCUT2D eigenvalue weighted by Crippen LogP contribution is 2.33. The Balaban J connectivity index is 0.000000183. The van der Waals surface area contributed by atoms with Gasteiger partial charge in [0.1, 0.15) is 18.1 Å². The van der Waals surface area contributed by atoms with Crippen LogP contribution in [0.1, 0.15) is 21.6 Å². The number of rotatable bonds is 7. The van der Waals surface area contributed by atoms with Crippen LogP contribution in [0.3, 0.4) is 0 Å². The number of piperazine rings is 2. The molecule has 5 heterocycles. The number of imidazole rings is 1. The number of carbonyl (C=O) groups excluding carboxylic acids is 1. The first-order valence-corrected chi connectivity index (χ1v) is 16.3. The van der Waals surface area contributed by atoms with Crippen molar-refractivity contribution in [2.45, 2.75) is 0 Å². The van der Waals surface area contributed by atoms with Gasteiger partial charge in [-0.15, -0.1) is 0 Å². The molecular weight excluding hydrogens is 622 g/mol. The van der Waals surface area contributed by atoms with Crippen LogP contribution in [-0.2, 0) is 4.79 Å². The minimum atomic E-state index is -1.05. The van der Waals surface area contributed by atoms with Crippen LogP contribution in [0.15, 0.2) is 71.9 Å². The predicted octanol–water partition coefficient (Wildman–Crippen LogP) is 3.44. The van der Waals surface area contributed by atoms with Crippen molar-refractivity contribution in [3.63, 3.8) is 0 Å². The van der Waals surface area contributed by atoms with Crippen molar-refractivity contribution in [1.82, 2.24) is 30.1 Å². The molecular formula is C36H41N9O4. The van der Waals surface area contributed by atoms with Crippen LogP contribution in [0.25, 0.3) is 23.0 Å². The summed E-state index contributed by atoms with van der Waals surface area (Å²) in [6.07, 6.45) is 5.33. The molecule has 0 bridgehead atoms. The van der Waals surface area contributed by atoms with Crippen LogP contribution < -0.4 is 15.1 Å². The zero-order chi connectivity index (χ0) is 34.3. The van der Waals surface area contributed by atoms with E-state index in [1.807, 2.05) is 48.5 Å². The summed E-state index contributed by atoms with van der Waals surface area (Å²) in [6, 6.07) is 19.4. The number of fused-ring (bicyclic) bond motifs is 1. The normalized spacial score (nSPS) is 17.1. The van der Waals surface area contributed by atoms with Gasteiger partial charge in [-0.2, -0.15) is 4.98 Å². The molecule has 0 radical (unpaired) electrons. The lowest BCUT2D eigenvalue weighted by molar-refractivity contribution is -0.135. The number of nitrogens with one attached hydrogen (secondary N) is 2. The summed E-state index contributed by atoms with van der Waals surface area (Å²) in [5.74, 6) is -0.0929. The highest BCUT2D eigenvalue weighted by Gasteiger charge is 2.19. The van der Waals surface area contributed by atoms with Crippen LogP contribution in [0.5, 0.6) is 5.88 Å². The summed E-state index contributed by atoms with van der Waals surface area (Å²) in [4.78, 5) is 47.7. The maximum Gasteiger partial charge on any atom is 0.322 e. The first-order valence-electron chi connectivity index (χ1n) is 16.3. The van der Waals surface area contributed by atoms with Crippen molar-refractivity contribution < 1.29 is 19.8 Å². The van der Waals surface area contributed by atoms with E-state index in [-0.39, 0.29) is 18.3 Å². The van der Waals surface area contributed by atoms with Crippen molar-refractivity contribution in [3.8, 4) is 17.3 Å². The average molecular weight is 664 g/mol. The molecule has 0 aliphatic carbocycles. The van der Waals surface area contributed by atoms with E-state index in [0.717, 1.165) is 74.7 Å². The fourth-order valence-corrected chi connectivity index (χ4v) is 5.89. The highest BCUT2D eigenvalue weighted by atomic mass is 16.4. The van der Waals surface area contributed by atoms with E-state index in [1.54, 1.807) is 18.5 Å². The molecule has 3 aliphatic heterocycles. The molecule has 3 aliphatic rings. The number of H-pyrrole nitrogens is 1. The van der Waals surface area contributed by atoms with Gasteiger partial charge in [-0.05, 0) is 62.6 Å². The molecule has 13 nitrogen and oxygen atoms in total. The number of pyridine rings is 1. The number of aromatic nitrogens is 3. The van der Waals surface area contributed by atoms with Gasteiger partial charge in [-0.1, -0.05) is 18.2 Å². The van der Waals surface area contributed by atoms with Gasteiger partial charge in [0.15, 0.2) is 5.82 Å². The van der Waals surface area contributed by atoms with E-state index in [9.17, 15) is 14.7 Å². The summed E-state index contributed by atoms with van der Waals surface area (Å²) < 4.78 is 0. The zero-order valence-electron chi connectivity index (χ0n) is 27.7. The molecule has 1 amide bonds. The van der Waals surface area contributed by atoms with E-state index < -0.39 is 5.97 Å². The quantitative estimate of drug-likeness (QED) is 0.231. The van der Waals surface area contributed by atoms with Crippen molar-refractivity contribution >= 4 is 46.9 Å². The second-order valence-corrected chi connectivity index (χ2v) is 12.3. The average Bonchev–Trinajstić information content (AvgIpc) is 3.71. The molecule has 2 aromatic carbocycles. The molecule has 2 fully saturated rings. The summed E-state index contributed by atoms with van der Waals surface area (Å²) in [7, 11) is 4.24. The Labute approximate surface area is 285 Å². The van der Waals surface area contributed by atoms with Crippen molar-refractivity contribution in [2.75, 3.05) is 82.8 Å². The Bertz CT molecular complexity index is 1850. The molecule has 0 spiro atoms. The van der Waals surface area contributed by atoms with E-state index in [2.05, 4.69) is 71.1 Å². The number of carboxylic acids is 1. The standard InChI is InChI=1S/C22H22N6O.C14H19N3O3/c1-27-8-10-28(11-9-27)17-5-2-4-15(12-17)20-25-19(22(29)26-20)13-16-14-24-21-18(16)6-3-7-23-21;1-16-5-7-17(8-6-16)12-4-2-3-11(9-12)14(20)15-10-13(18)19/h2-7,12-14,29H,8-11H2,1H3,(H,25,26);2-4,9H,5-8,10H2,1H3,(H,15,20)(H,18,19). The topological polar surface area (TPSA) is 154 Å². The molecule has 13 heteroatoms. The van der Waals surface area contributed by atoms with Gasteiger partial charge in [-0.25, -0.2) is 9.98 Å². The Hall–Kier alpha value is -5.53. The van der Waals surface area contributed by atoms with Crippen molar-refractivity contribution in [1.29, 1.82) is 0 Å². The molecule has 0 atom stereocenters. The number of nitrogens with zero attached hydrogens (tertiary/aromatic N) is 7. The second kappa shape index (κ2) is 15.1. The molecule has 4 aromatic rings. The minimum absolute atomic E-state index is 0.0248. The van der Waals surface area contributed by atoms with Crippen LogP contribution in [0.2, 0.25) is 0 Å². The largest absolute Gasteiger partial charge is 0.492 e. The third-order valence-electron chi connectivity index (χ3n) is 8.80. The second-order valence-electron chi connectivity index (χ2n) is 12.3. The van der Waals surface area contributed by atoms with Gasteiger partial charge in [0, 0.05) is 98.4 Å². The number of aliphatic imine (C=N–C) groups is 1. The molecule has 254 valence electrons. The molecule has 2 saturated heterocycles. The van der Waals surface area contributed by atoms with Crippen molar-refractivity contribution in [3.05, 3.63) is 83.7 Å². The number of anilines is 2. The Morgan fingerprint density at radius 1 is 0.878 bits per heavy atom. The Morgan fingerprint density at radius 2 is 1.53 bits per heavy atom. The van der Waals surface area contributed by atoms with Gasteiger partial charge in [0.2, 0.25) is 5.88 Å². The summed E-state index contributed by atoms with van der Waals surface area (Å²) in [5.41, 5.74) is 6.01. The number of aromatic hydroxyl groups is 1. The Kier molecular flexibility index (Phi) is 10.3. The van der Waals surface area contributed by atoms with Crippen LogP contribution >= 0.6 is 0 Å². The lowest BCUT2D eigenvalue weighted by atomic mass is 10.1. The molecule has 2 aromatic heterocycles. The first kappa shape index (κ1) is 33.4. The number of benzene rings is 2. The summed E-state index contributed by atoms with van der Waals surface area (Å²) in [6.45, 7) is 7.61. The highest BCUT2D eigenvalue weighted by molar-refractivity contribution is 6.20. The maximum absolute atomic E-state index is 11.8. The van der Waals surface area contributed by atoms with Crippen molar-refractivity contribution in [2.24, 2.45) is 4.99 Å². The van der Waals surface area contributed by atoms with E-state index >= 15 is 0 Å². The molecule has 0 saturated carbocycles. The van der Waals surface area contributed by atoms with Gasteiger partial charge in [0.05, 0.1) is 0 Å². The molecule has 49 heavy (non-hydrogen) atoms. The van der Waals surface area contributed by atoms with E-state index in [4.69, 9.17) is 5.11 Å². The molecule has 0 unspecified atom stereocenters. The maximum atomic E-state index is 11.8. The first-order chi connectivity index (χ1) is 23.7. The number of aliphatic carboxylic acids is 1. The van der Waals surface area contributed by atoms with Gasteiger partial charge >= 0.3 is 5.97 Å². The predicted molar refractivity (Wildman–Crippen MR) is 192 cm³/mol. The Morgan fingerprint density at radius 3 is 2.20 bits per heavy atom. The van der Waals surface area contributed by atoms with Crippen LogP contribution in [0, 0.1) is 0 Å². The lowest BCUT2D eigenvalue weighted by Gasteiger charge is -2.34. The molecule has 7 rings (SSSR count). The SMILES string of the molecule is CN1CCN(c2cccc(-c3nc(O)c(C=C4C=Nc5ncccc54)[nH]3)c2)CC1.CN1CCN(c2cccc(C(=O)NCC(=O)O)c2)CC1. The van der Waals surface area contributed by atoms with Crippen LogP contribution in [-0.4, -0.2) is 126 Å². The fourth-order valence-electron chi connectivity index (χ4n) is 5.89. The number of aromatic amines is 1. The van der Waals surface area contributed by atoms with Crippen LogP contribution in [0.4, 0.5) is 17.2 Å². The van der Waals surface area contributed by atoms with Gasteiger partial charge in [-0.3, -0.25) is 9.59 Å². The number of hydrogen-bond donors (Lipinski definition) is 4. The number of amides is 1. The summed E-state index contributed by atoms with van der Waals surface area (Å²) >= 11 is 0. The van der Waals surface area contributed by atoms with Gasteiger partial charge in [0.25, 0.3) is 5.91 Å². The van der Waals surface area contributed by atoms with E-state index in [0.29, 0.717) is 22.9 Å². The number of carboxylic acid groups (broad SMARTS) is 1.